The molecule has 1 N–H and O–H groups in total. The van der Waals surface area contributed by atoms with Gasteiger partial charge in [0.2, 0.25) is 0 Å². The van der Waals surface area contributed by atoms with Gasteiger partial charge in [0.15, 0.2) is 0 Å². The van der Waals surface area contributed by atoms with Crippen molar-refractivity contribution in [1.82, 2.24) is 0 Å². The van der Waals surface area contributed by atoms with Crippen molar-refractivity contribution in [2.75, 3.05) is 13.7 Å². The van der Waals surface area contributed by atoms with Gasteiger partial charge in [-0.25, -0.2) is 0 Å². The zero-order valence-corrected chi connectivity index (χ0v) is 8.23. The molecule has 3 heteroatoms. The molecule has 2 nitrogen and oxygen atoms in total. The normalized spacial score (nSPS) is 25.9. The van der Waals surface area contributed by atoms with Crippen LogP contribution in [0.2, 0.25) is 0 Å². The smallest absolute Gasteiger partial charge is 0.0653 e. The van der Waals surface area contributed by atoms with Crippen molar-refractivity contribution in [3.05, 3.63) is 10.1 Å². The first kappa shape index (κ1) is 9.23. The highest BCUT2D eigenvalue weighted by atomic mass is 79.9. The van der Waals surface area contributed by atoms with Crippen molar-refractivity contribution < 1.29 is 9.84 Å². The van der Waals surface area contributed by atoms with Crippen LogP contribution in [0.25, 0.3) is 0 Å². The molecular formula is C8H13BrO2. The Balaban J connectivity index is 2.58. The average molecular weight is 221 g/mol. The first-order valence-corrected chi connectivity index (χ1v) is 4.57. The second-order valence-corrected chi connectivity index (χ2v) is 3.72. The Morgan fingerprint density at radius 1 is 1.73 bits per heavy atom. The summed E-state index contributed by atoms with van der Waals surface area (Å²) in [6.45, 7) is 0.153. The number of hydrogen-bond donors (Lipinski definition) is 1. The molecule has 0 bridgehead atoms. The summed E-state index contributed by atoms with van der Waals surface area (Å²) < 4.78 is 6.37. The lowest BCUT2D eigenvalue weighted by molar-refractivity contribution is 0.0889. The summed E-state index contributed by atoms with van der Waals surface area (Å²) in [6, 6.07) is 0. The van der Waals surface area contributed by atoms with Gasteiger partial charge in [-0.1, -0.05) is 15.9 Å². The second kappa shape index (κ2) is 4.24. The van der Waals surface area contributed by atoms with E-state index in [9.17, 15) is 0 Å². The average Bonchev–Trinajstić information content (AvgIpc) is 2.05. The zero-order chi connectivity index (χ0) is 8.27. The fourth-order valence-corrected chi connectivity index (χ4v) is 1.82. The van der Waals surface area contributed by atoms with Crippen LogP contribution >= 0.6 is 15.9 Å². The van der Waals surface area contributed by atoms with Gasteiger partial charge >= 0.3 is 0 Å². The monoisotopic (exact) mass is 220 g/mol. The number of aliphatic hydroxyl groups excluding tert-OH is 1. The molecule has 0 heterocycles. The molecule has 1 aliphatic rings. The lowest BCUT2D eigenvalue weighted by atomic mass is 9.97. The van der Waals surface area contributed by atoms with Crippen molar-refractivity contribution in [3.63, 3.8) is 0 Å². The van der Waals surface area contributed by atoms with E-state index in [1.165, 1.54) is 0 Å². The van der Waals surface area contributed by atoms with E-state index in [2.05, 4.69) is 15.9 Å². The molecular weight excluding hydrogens is 208 g/mol. The first-order valence-electron chi connectivity index (χ1n) is 3.78. The Labute approximate surface area is 75.4 Å². The number of rotatable bonds is 2. The molecule has 1 rings (SSSR count). The standard InChI is InChI=1S/C8H13BrO2/c1-11-7-2-3-8(9)6(4-7)5-10/h7,10H,2-5H2,1H3/t7-/m1/s1. The predicted molar refractivity (Wildman–Crippen MR) is 47.7 cm³/mol. The van der Waals surface area contributed by atoms with Gasteiger partial charge in [-0.2, -0.15) is 0 Å². The molecule has 0 aliphatic heterocycles. The van der Waals surface area contributed by atoms with Gasteiger partial charge in [-0.15, -0.1) is 0 Å². The van der Waals surface area contributed by atoms with Crippen LogP contribution in [0.3, 0.4) is 0 Å². The number of methoxy groups -OCH3 is 1. The number of hydrogen-bond acceptors (Lipinski definition) is 2. The van der Waals surface area contributed by atoms with Gasteiger partial charge in [-0.05, 0) is 29.3 Å². The van der Waals surface area contributed by atoms with Crippen LogP contribution in [0.1, 0.15) is 19.3 Å². The van der Waals surface area contributed by atoms with Gasteiger partial charge in [0.25, 0.3) is 0 Å². The first-order chi connectivity index (χ1) is 5.27. The highest BCUT2D eigenvalue weighted by Crippen LogP contribution is 2.29. The van der Waals surface area contributed by atoms with Gasteiger partial charge in [0, 0.05) is 7.11 Å². The highest BCUT2D eigenvalue weighted by molar-refractivity contribution is 9.11. The molecule has 64 valence electrons. The van der Waals surface area contributed by atoms with Crippen molar-refractivity contribution in [2.24, 2.45) is 0 Å². The molecule has 0 unspecified atom stereocenters. The molecule has 0 amide bonds. The maximum absolute atomic E-state index is 8.93. The van der Waals surface area contributed by atoms with Crippen molar-refractivity contribution >= 4 is 15.9 Å². The summed E-state index contributed by atoms with van der Waals surface area (Å²) in [7, 11) is 1.72. The molecule has 0 spiro atoms. The Morgan fingerprint density at radius 3 is 3.00 bits per heavy atom. The Bertz CT molecular complexity index is 165. The maximum Gasteiger partial charge on any atom is 0.0653 e. The fraction of sp³-hybridized carbons (Fsp3) is 0.750. The van der Waals surface area contributed by atoms with E-state index in [0.29, 0.717) is 6.10 Å². The molecule has 0 aromatic carbocycles. The van der Waals surface area contributed by atoms with Crippen molar-refractivity contribution in [2.45, 2.75) is 25.4 Å². The van der Waals surface area contributed by atoms with E-state index >= 15 is 0 Å². The molecule has 0 saturated carbocycles. The van der Waals surface area contributed by atoms with E-state index in [1.54, 1.807) is 7.11 Å². The van der Waals surface area contributed by atoms with Gasteiger partial charge in [0.1, 0.15) is 0 Å². The number of ether oxygens (including phenoxy) is 1. The minimum Gasteiger partial charge on any atom is -0.392 e. The predicted octanol–water partition coefficient (Wildman–Crippen LogP) is 1.83. The Morgan fingerprint density at radius 2 is 2.45 bits per heavy atom. The maximum atomic E-state index is 8.93. The van der Waals surface area contributed by atoms with Crippen LogP contribution in [-0.2, 0) is 4.74 Å². The largest absolute Gasteiger partial charge is 0.392 e. The minimum atomic E-state index is 0.153. The summed E-state index contributed by atoms with van der Waals surface area (Å²) in [6.07, 6.45) is 3.22. The Kier molecular flexibility index (Phi) is 3.55. The summed E-state index contributed by atoms with van der Waals surface area (Å²) in [5.41, 5.74) is 1.09. The van der Waals surface area contributed by atoms with Crippen LogP contribution < -0.4 is 0 Å². The van der Waals surface area contributed by atoms with E-state index in [0.717, 1.165) is 29.3 Å². The number of allylic oxidation sites excluding steroid dienone is 1. The van der Waals surface area contributed by atoms with Crippen LogP contribution in [0, 0.1) is 0 Å². The van der Waals surface area contributed by atoms with E-state index < -0.39 is 0 Å². The van der Waals surface area contributed by atoms with Crippen LogP contribution in [-0.4, -0.2) is 24.9 Å². The fourth-order valence-electron chi connectivity index (χ4n) is 1.30. The van der Waals surface area contributed by atoms with Gasteiger partial charge in [-0.3, -0.25) is 0 Å². The number of aliphatic hydroxyl groups is 1. The van der Waals surface area contributed by atoms with Crippen LogP contribution in [0.4, 0.5) is 0 Å². The molecule has 11 heavy (non-hydrogen) atoms. The van der Waals surface area contributed by atoms with Crippen LogP contribution in [0.15, 0.2) is 10.1 Å². The number of halogens is 1. The summed E-state index contributed by atoms with van der Waals surface area (Å²) >= 11 is 3.44. The van der Waals surface area contributed by atoms with Crippen LogP contribution in [0.5, 0.6) is 0 Å². The lowest BCUT2D eigenvalue weighted by Gasteiger charge is -2.22. The van der Waals surface area contributed by atoms with Crippen molar-refractivity contribution in [3.8, 4) is 0 Å². The van der Waals surface area contributed by atoms with E-state index in [-0.39, 0.29) is 6.61 Å². The molecule has 1 aliphatic carbocycles. The van der Waals surface area contributed by atoms with Crippen molar-refractivity contribution in [1.29, 1.82) is 0 Å². The lowest BCUT2D eigenvalue weighted by Crippen LogP contribution is -2.17. The minimum absolute atomic E-state index is 0.153. The topological polar surface area (TPSA) is 29.5 Å². The molecule has 1 atom stereocenters. The molecule has 0 radical (unpaired) electrons. The third kappa shape index (κ3) is 2.29. The van der Waals surface area contributed by atoms with E-state index in [4.69, 9.17) is 9.84 Å². The summed E-state index contributed by atoms with van der Waals surface area (Å²) in [5.74, 6) is 0. The quantitative estimate of drug-likeness (QED) is 0.770. The molecule has 0 saturated heterocycles. The molecule has 0 aromatic heterocycles. The molecule has 0 fully saturated rings. The third-order valence-corrected chi connectivity index (χ3v) is 3.02. The Hall–Kier alpha value is 0.140. The van der Waals surface area contributed by atoms with Gasteiger partial charge < -0.3 is 9.84 Å². The second-order valence-electron chi connectivity index (χ2n) is 2.77. The summed E-state index contributed by atoms with van der Waals surface area (Å²) in [4.78, 5) is 0. The molecule has 0 aromatic rings. The third-order valence-electron chi connectivity index (χ3n) is 2.07. The zero-order valence-electron chi connectivity index (χ0n) is 6.64. The summed E-state index contributed by atoms with van der Waals surface area (Å²) in [5, 5.41) is 8.93. The van der Waals surface area contributed by atoms with E-state index in [1.807, 2.05) is 0 Å². The van der Waals surface area contributed by atoms with Gasteiger partial charge in [0.05, 0.1) is 12.7 Å². The highest BCUT2D eigenvalue weighted by Gasteiger charge is 2.18. The SMILES string of the molecule is CO[C@@H]1CCC(Br)=C(CO)C1.